The van der Waals surface area contributed by atoms with Crippen molar-refractivity contribution in [2.45, 2.75) is 44.2 Å². The van der Waals surface area contributed by atoms with Crippen LogP contribution in [0.15, 0.2) is 48.7 Å². The predicted octanol–water partition coefficient (Wildman–Crippen LogP) is 5.56. The van der Waals surface area contributed by atoms with E-state index < -0.39 is 8.32 Å². The molecule has 3 rings (SSSR count). The molecule has 1 aliphatic rings. The summed E-state index contributed by atoms with van der Waals surface area (Å²) in [7, 11) is -1.76. The highest BCUT2D eigenvalue weighted by molar-refractivity contribution is 8.00. The molecule has 2 aromatic rings. The molecule has 27 heavy (non-hydrogen) atoms. The van der Waals surface area contributed by atoms with Crippen molar-refractivity contribution in [3.63, 3.8) is 0 Å². The van der Waals surface area contributed by atoms with E-state index in [9.17, 15) is 4.79 Å². The molecule has 1 aromatic carbocycles. The number of para-hydroxylation sites is 1. The van der Waals surface area contributed by atoms with Crippen LogP contribution in [-0.2, 0) is 9.22 Å². The van der Waals surface area contributed by atoms with Crippen LogP contribution >= 0.6 is 11.8 Å². The maximum atomic E-state index is 13.1. The number of rotatable bonds is 6. The summed E-state index contributed by atoms with van der Waals surface area (Å²) in [5, 5.41) is -0.0292. The van der Waals surface area contributed by atoms with Crippen LogP contribution in [0.25, 0.3) is 0 Å². The van der Waals surface area contributed by atoms with Gasteiger partial charge in [0.15, 0.2) is 8.32 Å². The fraction of sp³-hybridized carbons (Fsp3) is 0.429. The van der Waals surface area contributed by atoms with Crippen molar-refractivity contribution in [2.24, 2.45) is 0 Å². The molecule has 0 saturated heterocycles. The lowest BCUT2D eigenvalue weighted by molar-refractivity contribution is -0.116. The van der Waals surface area contributed by atoms with Crippen LogP contribution in [0, 0.1) is 0 Å². The number of pyridine rings is 1. The van der Waals surface area contributed by atoms with Gasteiger partial charge in [0.2, 0.25) is 5.91 Å². The molecule has 144 valence electrons. The molecule has 1 amide bonds. The van der Waals surface area contributed by atoms with Gasteiger partial charge >= 0.3 is 0 Å². The first-order valence-electron chi connectivity index (χ1n) is 9.32. The van der Waals surface area contributed by atoms with E-state index in [1.165, 1.54) is 0 Å². The third-order valence-corrected chi connectivity index (χ3v) is 11.1. The first-order chi connectivity index (χ1) is 12.7. The highest BCUT2D eigenvalue weighted by Crippen LogP contribution is 2.45. The lowest BCUT2D eigenvalue weighted by Gasteiger charge is -2.36. The SMILES string of the molecule is CC(C)(C)[Si](C)(C)OCCSC1C(=O)N(c2ccccc2)c2ncccc21. The number of aromatic nitrogens is 1. The summed E-state index contributed by atoms with van der Waals surface area (Å²) < 4.78 is 6.27. The number of carbonyl (C=O) groups is 1. The van der Waals surface area contributed by atoms with E-state index in [1.807, 2.05) is 42.5 Å². The predicted molar refractivity (Wildman–Crippen MR) is 116 cm³/mol. The molecule has 0 spiro atoms. The summed E-state index contributed by atoms with van der Waals surface area (Å²) in [5.41, 5.74) is 1.85. The molecule has 0 bridgehead atoms. The lowest BCUT2D eigenvalue weighted by atomic mass is 10.2. The minimum absolute atomic E-state index is 0.0761. The Labute approximate surface area is 167 Å². The van der Waals surface area contributed by atoms with Gasteiger partial charge in [0.05, 0.1) is 5.69 Å². The maximum absolute atomic E-state index is 13.1. The Morgan fingerprint density at radius 3 is 2.52 bits per heavy atom. The van der Waals surface area contributed by atoms with Crippen molar-refractivity contribution >= 4 is 37.5 Å². The van der Waals surface area contributed by atoms with Gasteiger partial charge in [-0.1, -0.05) is 45.0 Å². The average Bonchev–Trinajstić information content (AvgIpc) is 2.90. The molecule has 1 atom stereocenters. The minimum atomic E-state index is -1.76. The molecule has 0 N–H and O–H groups in total. The lowest BCUT2D eigenvalue weighted by Crippen LogP contribution is -2.41. The van der Waals surface area contributed by atoms with Crippen LogP contribution in [0.1, 0.15) is 31.6 Å². The molecule has 4 nitrogen and oxygen atoms in total. The van der Waals surface area contributed by atoms with Crippen molar-refractivity contribution in [1.82, 2.24) is 4.98 Å². The summed E-state index contributed by atoms with van der Waals surface area (Å²) in [4.78, 5) is 19.4. The largest absolute Gasteiger partial charge is 0.416 e. The van der Waals surface area contributed by atoms with Crippen molar-refractivity contribution in [3.8, 4) is 0 Å². The summed E-state index contributed by atoms with van der Waals surface area (Å²) in [5.74, 6) is 1.61. The van der Waals surface area contributed by atoms with Gasteiger partial charge in [-0.2, -0.15) is 0 Å². The monoisotopic (exact) mass is 400 g/mol. The minimum Gasteiger partial charge on any atom is -0.416 e. The highest BCUT2D eigenvalue weighted by Gasteiger charge is 2.40. The fourth-order valence-electron chi connectivity index (χ4n) is 2.82. The Kier molecular flexibility index (Phi) is 5.79. The van der Waals surface area contributed by atoms with Gasteiger partial charge in [-0.15, -0.1) is 11.8 Å². The first-order valence-corrected chi connectivity index (χ1v) is 13.3. The fourth-order valence-corrected chi connectivity index (χ4v) is 5.04. The van der Waals surface area contributed by atoms with Crippen molar-refractivity contribution in [1.29, 1.82) is 0 Å². The number of nitrogens with zero attached hydrogens (tertiary/aromatic N) is 2. The van der Waals surface area contributed by atoms with E-state index in [2.05, 4.69) is 38.8 Å². The van der Waals surface area contributed by atoms with Crippen molar-refractivity contribution in [2.75, 3.05) is 17.3 Å². The Bertz CT molecular complexity index is 805. The first kappa shape index (κ1) is 20.1. The van der Waals surface area contributed by atoms with E-state index in [1.54, 1.807) is 22.9 Å². The molecule has 0 radical (unpaired) electrons. The molecule has 0 aliphatic carbocycles. The molecule has 2 heterocycles. The topological polar surface area (TPSA) is 42.4 Å². The standard InChI is InChI=1S/C21H28N2O2SSi/c1-21(2,3)27(4,5)25-14-15-26-18-17-12-9-13-22-19(17)23(20(18)24)16-10-7-6-8-11-16/h6-13,18H,14-15H2,1-5H3. The molecule has 6 heteroatoms. The zero-order chi connectivity index (χ0) is 19.7. The second-order valence-electron chi connectivity index (χ2n) is 8.29. The van der Waals surface area contributed by atoms with E-state index in [-0.39, 0.29) is 16.2 Å². The van der Waals surface area contributed by atoms with Gasteiger partial charge in [-0.05, 0) is 36.3 Å². The smallest absolute Gasteiger partial charge is 0.250 e. The van der Waals surface area contributed by atoms with E-state index in [0.29, 0.717) is 6.61 Å². The molecule has 1 aliphatic heterocycles. The number of thioether (sulfide) groups is 1. The van der Waals surface area contributed by atoms with Gasteiger partial charge in [-0.3, -0.25) is 9.69 Å². The number of hydrogen-bond donors (Lipinski definition) is 0. The van der Waals surface area contributed by atoms with Crippen LogP contribution in [0.3, 0.4) is 0 Å². The summed E-state index contributed by atoms with van der Waals surface area (Å²) in [6.45, 7) is 11.9. The second-order valence-corrected chi connectivity index (χ2v) is 14.3. The average molecular weight is 401 g/mol. The number of fused-ring (bicyclic) bond motifs is 1. The molecular weight excluding hydrogens is 372 g/mol. The maximum Gasteiger partial charge on any atom is 0.250 e. The van der Waals surface area contributed by atoms with E-state index in [0.717, 1.165) is 22.8 Å². The summed E-state index contributed by atoms with van der Waals surface area (Å²) in [6, 6.07) is 13.6. The third-order valence-electron chi connectivity index (χ3n) is 5.41. The number of amides is 1. The van der Waals surface area contributed by atoms with E-state index >= 15 is 0 Å². The van der Waals surface area contributed by atoms with Crippen molar-refractivity contribution < 1.29 is 9.22 Å². The summed E-state index contributed by atoms with van der Waals surface area (Å²) >= 11 is 1.65. The highest BCUT2D eigenvalue weighted by atomic mass is 32.2. The number of carbonyl (C=O) groups excluding carboxylic acids is 1. The normalized spacial score (nSPS) is 17.3. The summed E-state index contributed by atoms with van der Waals surface area (Å²) in [6.07, 6.45) is 1.75. The Hall–Kier alpha value is -1.63. The van der Waals surface area contributed by atoms with Crippen molar-refractivity contribution in [3.05, 3.63) is 54.2 Å². The number of hydrogen-bond acceptors (Lipinski definition) is 4. The zero-order valence-corrected chi connectivity index (χ0v) is 18.5. The van der Waals surface area contributed by atoms with Gasteiger partial charge in [0.25, 0.3) is 0 Å². The Balaban J connectivity index is 1.71. The zero-order valence-electron chi connectivity index (χ0n) is 16.7. The van der Waals surface area contributed by atoms with Gasteiger partial charge in [0, 0.05) is 24.1 Å². The van der Waals surface area contributed by atoms with Crippen LogP contribution < -0.4 is 4.90 Å². The number of anilines is 2. The molecule has 1 aromatic heterocycles. The van der Waals surface area contributed by atoms with E-state index in [4.69, 9.17) is 4.43 Å². The van der Waals surface area contributed by atoms with Gasteiger partial charge < -0.3 is 4.43 Å². The molecular formula is C21H28N2O2SSi. The Morgan fingerprint density at radius 2 is 1.85 bits per heavy atom. The van der Waals surface area contributed by atoms with Crippen LogP contribution in [0.4, 0.5) is 11.5 Å². The molecule has 1 unspecified atom stereocenters. The van der Waals surface area contributed by atoms with Gasteiger partial charge in [-0.25, -0.2) is 4.98 Å². The quantitative estimate of drug-likeness (QED) is 0.470. The van der Waals surface area contributed by atoms with Crippen LogP contribution in [0.2, 0.25) is 18.1 Å². The Morgan fingerprint density at radius 1 is 1.15 bits per heavy atom. The van der Waals surface area contributed by atoms with Gasteiger partial charge in [0.1, 0.15) is 11.1 Å². The second kappa shape index (κ2) is 7.77. The third kappa shape index (κ3) is 4.12. The molecule has 0 saturated carbocycles. The van der Waals surface area contributed by atoms with Crippen LogP contribution in [0.5, 0.6) is 0 Å². The number of benzene rings is 1. The molecule has 0 fully saturated rings. The van der Waals surface area contributed by atoms with Crippen LogP contribution in [-0.4, -0.2) is 31.6 Å².